The number of aromatic nitrogens is 2. The summed E-state index contributed by atoms with van der Waals surface area (Å²) in [6.45, 7) is 3.03. The maximum Gasteiger partial charge on any atom is 0.326 e. The summed E-state index contributed by atoms with van der Waals surface area (Å²) < 4.78 is 5.36. The SMILES string of the molecule is C[C@H](OC(=O)CN1C(=O)N[C@]2(CCCC[C@@H]2C)C1=O)c1nc2ccccc2c(=O)[nH]1. The van der Waals surface area contributed by atoms with Crippen molar-refractivity contribution in [1.29, 1.82) is 0 Å². The van der Waals surface area contributed by atoms with Crippen LogP contribution in [0.4, 0.5) is 4.79 Å². The second kappa shape index (κ2) is 7.55. The lowest BCUT2D eigenvalue weighted by Gasteiger charge is -2.36. The van der Waals surface area contributed by atoms with Gasteiger partial charge < -0.3 is 15.0 Å². The van der Waals surface area contributed by atoms with Crippen molar-refractivity contribution in [1.82, 2.24) is 20.2 Å². The number of amides is 3. The van der Waals surface area contributed by atoms with E-state index in [1.165, 1.54) is 0 Å². The average molecular weight is 412 g/mol. The van der Waals surface area contributed by atoms with E-state index < -0.39 is 30.2 Å². The van der Waals surface area contributed by atoms with E-state index in [4.69, 9.17) is 4.74 Å². The van der Waals surface area contributed by atoms with Crippen LogP contribution in [0.5, 0.6) is 0 Å². The highest BCUT2D eigenvalue weighted by atomic mass is 16.5. The Labute approximate surface area is 172 Å². The number of esters is 1. The largest absolute Gasteiger partial charge is 0.453 e. The maximum atomic E-state index is 13.0. The summed E-state index contributed by atoms with van der Waals surface area (Å²) in [7, 11) is 0. The molecule has 0 unspecified atom stereocenters. The monoisotopic (exact) mass is 412 g/mol. The van der Waals surface area contributed by atoms with Gasteiger partial charge in [-0.2, -0.15) is 0 Å². The molecule has 3 atom stereocenters. The molecular weight excluding hydrogens is 388 g/mol. The fourth-order valence-electron chi connectivity index (χ4n) is 4.36. The number of para-hydroxylation sites is 1. The highest BCUT2D eigenvalue weighted by molar-refractivity contribution is 6.09. The van der Waals surface area contributed by atoms with Crippen LogP contribution in [0.1, 0.15) is 51.5 Å². The minimum absolute atomic E-state index is 0.00881. The topological polar surface area (TPSA) is 121 Å². The minimum atomic E-state index is -0.924. The molecule has 1 saturated heterocycles. The van der Waals surface area contributed by atoms with Gasteiger partial charge >= 0.3 is 12.0 Å². The van der Waals surface area contributed by atoms with Gasteiger partial charge in [0.1, 0.15) is 12.1 Å². The molecule has 1 saturated carbocycles. The summed E-state index contributed by atoms with van der Waals surface area (Å²) in [5.74, 6) is -0.917. The van der Waals surface area contributed by atoms with E-state index in [1.54, 1.807) is 31.2 Å². The summed E-state index contributed by atoms with van der Waals surface area (Å²) in [5.41, 5.74) is -0.769. The first kappa shape index (κ1) is 20.1. The van der Waals surface area contributed by atoms with Crippen LogP contribution < -0.4 is 10.9 Å². The van der Waals surface area contributed by atoms with Gasteiger partial charge in [0.2, 0.25) is 0 Å². The average Bonchev–Trinajstić information content (AvgIpc) is 2.95. The predicted molar refractivity (Wildman–Crippen MR) is 107 cm³/mol. The van der Waals surface area contributed by atoms with Crippen LogP contribution in [-0.4, -0.2) is 44.9 Å². The molecule has 2 aliphatic rings. The molecule has 2 heterocycles. The molecule has 3 amide bonds. The zero-order chi connectivity index (χ0) is 21.5. The molecule has 2 aromatic rings. The third-order valence-electron chi connectivity index (χ3n) is 6.11. The van der Waals surface area contributed by atoms with Crippen molar-refractivity contribution in [3.05, 3.63) is 40.4 Å². The molecule has 1 aliphatic carbocycles. The number of carbonyl (C=O) groups is 3. The molecule has 0 bridgehead atoms. The van der Waals surface area contributed by atoms with Crippen molar-refractivity contribution in [3.8, 4) is 0 Å². The Hall–Kier alpha value is -3.23. The van der Waals surface area contributed by atoms with Crippen molar-refractivity contribution < 1.29 is 19.1 Å². The standard InChI is InChI=1S/C21H24N4O5/c1-12-7-5-6-10-21(12)19(28)25(20(29)24-21)11-16(26)30-13(2)17-22-15-9-4-3-8-14(15)18(27)23-17/h3-4,8-9,12-13H,5-7,10-11H2,1-2H3,(H,24,29)(H,22,23,27)/t12-,13-,21-/m0/s1. The van der Waals surface area contributed by atoms with Gasteiger partial charge in [-0.15, -0.1) is 0 Å². The lowest BCUT2D eigenvalue weighted by Crippen LogP contribution is -2.54. The predicted octanol–water partition coefficient (Wildman–Crippen LogP) is 2.03. The number of carbonyl (C=O) groups excluding carboxylic acids is 3. The lowest BCUT2D eigenvalue weighted by molar-refractivity contribution is -0.152. The highest BCUT2D eigenvalue weighted by Crippen LogP contribution is 2.38. The van der Waals surface area contributed by atoms with Gasteiger partial charge in [0.05, 0.1) is 10.9 Å². The van der Waals surface area contributed by atoms with E-state index in [-0.39, 0.29) is 23.2 Å². The van der Waals surface area contributed by atoms with Gasteiger partial charge in [-0.3, -0.25) is 19.3 Å². The number of hydrogen-bond acceptors (Lipinski definition) is 6. The molecule has 1 aromatic carbocycles. The number of imide groups is 1. The molecule has 30 heavy (non-hydrogen) atoms. The Kier molecular flexibility index (Phi) is 5.05. The molecule has 9 nitrogen and oxygen atoms in total. The van der Waals surface area contributed by atoms with Gasteiger partial charge in [-0.1, -0.05) is 31.9 Å². The van der Waals surface area contributed by atoms with Gasteiger partial charge in [-0.05, 0) is 37.8 Å². The van der Waals surface area contributed by atoms with Crippen molar-refractivity contribution >= 4 is 28.8 Å². The number of ether oxygens (including phenoxy) is 1. The Morgan fingerprint density at radius 2 is 2.07 bits per heavy atom. The Morgan fingerprint density at radius 1 is 1.30 bits per heavy atom. The number of benzene rings is 1. The molecule has 2 N–H and O–H groups in total. The number of urea groups is 1. The van der Waals surface area contributed by atoms with E-state index >= 15 is 0 Å². The molecule has 158 valence electrons. The molecule has 2 fully saturated rings. The number of fused-ring (bicyclic) bond motifs is 1. The first-order valence-electron chi connectivity index (χ1n) is 10.1. The second-order valence-electron chi connectivity index (χ2n) is 8.04. The normalized spacial score (nSPS) is 24.9. The molecule has 1 spiro atoms. The van der Waals surface area contributed by atoms with Crippen LogP contribution in [0.25, 0.3) is 10.9 Å². The van der Waals surface area contributed by atoms with Crippen LogP contribution in [0.3, 0.4) is 0 Å². The number of aromatic amines is 1. The summed E-state index contributed by atoms with van der Waals surface area (Å²) in [4.78, 5) is 57.9. The molecule has 0 radical (unpaired) electrons. The zero-order valence-electron chi connectivity index (χ0n) is 16.9. The molecule has 9 heteroatoms. The number of rotatable bonds is 4. The van der Waals surface area contributed by atoms with Gasteiger partial charge in [0.25, 0.3) is 11.5 Å². The number of nitrogens with one attached hydrogen (secondary N) is 2. The first-order valence-corrected chi connectivity index (χ1v) is 10.1. The van der Waals surface area contributed by atoms with E-state index in [0.29, 0.717) is 17.3 Å². The maximum absolute atomic E-state index is 13.0. The van der Waals surface area contributed by atoms with Crippen molar-refractivity contribution in [3.63, 3.8) is 0 Å². The molecular formula is C21H24N4O5. The van der Waals surface area contributed by atoms with Crippen molar-refractivity contribution in [2.75, 3.05) is 6.54 Å². The van der Waals surface area contributed by atoms with Crippen LogP contribution >= 0.6 is 0 Å². The molecule has 4 rings (SSSR count). The van der Waals surface area contributed by atoms with Gasteiger partial charge in [0.15, 0.2) is 11.9 Å². The summed E-state index contributed by atoms with van der Waals surface area (Å²) >= 11 is 0. The molecule has 1 aliphatic heterocycles. The fraction of sp³-hybridized carbons (Fsp3) is 0.476. The summed E-state index contributed by atoms with van der Waals surface area (Å²) in [5, 5.41) is 3.24. The fourth-order valence-corrected chi connectivity index (χ4v) is 4.36. The van der Waals surface area contributed by atoms with E-state index in [2.05, 4.69) is 15.3 Å². The third kappa shape index (κ3) is 3.34. The summed E-state index contributed by atoms with van der Waals surface area (Å²) in [6, 6.07) is 6.27. The number of nitrogens with zero attached hydrogens (tertiary/aromatic N) is 2. The number of hydrogen-bond donors (Lipinski definition) is 2. The molecule has 1 aromatic heterocycles. The third-order valence-corrected chi connectivity index (χ3v) is 6.11. The van der Waals surface area contributed by atoms with E-state index in [9.17, 15) is 19.2 Å². The quantitative estimate of drug-likeness (QED) is 0.585. The van der Waals surface area contributed by atoms with Crippen LogP contribution in [0.15, 0.2) is 29.1 Å². The summed E-state index contributed by atoms with van der Waals surface area (Å²) in [6.07, 6.45) is 2.44. The van der Waals surface area contributed by atoms with Gasteiger partial charge in [0, 0.05) is 0 Å². The van der Waals surface area contributed by atoms with Crippen molar-refractivity contribution in [2.24, 2.45) is 5.92 Å². The minimum Gasteiger partial charge on any atom is -0.453 e. The zero-order valence-corrected chi connectivity index (χ0v) is 16.9. The van der Waals surface area contributed by atoms with E-state index in [0.717, 1.165) is 24.2 Å². The van der Waals surface area contributed by atoms with Gasteiger partial charge in [-0.25, -0.2) is 9.78 Å². The Morgan fingerprint density at radius 3 is 2.83 bits per heavy atom. The smallest absolute Gasteiger partial charge is 0.326 e. The Bertz CT molecular complexity index is 1080. The van der Waals surface area contributed by atoms with E-state index in [1.807, 2.05) is 6.92 Å². The highest BCUT2D eigenvalue weighted by Gasteiger charge is 2.55. The van der Waals surface area contributed by atoms with Crippen LogP contribution in [-0.2, 0) is 14.3 Å². The van der Waals surface area contributed by atoms with Crippen LogP contribution in [0.2, 0.25) is 0 Å². The second-order valence-corrected chi connectivity index (χ2v) is 8.04. The first-order chi connectivity index (χ1) is 14.3. The Balaban J connectivity index is 1.46. The van der Waals surface area contributed by atoms with Crippen molar-refractivity contribution in [2.45, 2.75) is 51.2 Å². The number of H-pyrrole nitrogens is 1. The lowest BCUT2D eigenvalue weighted by atomic mass is 9.73. The van der Waals surface area contributed by atoms with Crippen LogP contribution in [0, 0.1) is 5.92 Å².